The smallest absolute Gasteiger partial charge is 0.0518 e. The highest BCUT2D eigenvalue weighted by molar-refractivity contribution is 5.14. The summed E-state index contributed by atoms with van der Waals surface area (Å²) in [6.45, 7) is 3.20. The van der Waals surface area contributed by atoms with Crippen molar-refractivity contribution >= 4 is 0 Å². The van der Waals surface area contributed by atoms with E-state index in [1.807, 2.05) is 37.3 Å². The predicted octanol–water partition coefficient (Wildman–Crippen LogP) is 0.767. The lowest BCUT2D eigenvalue weighted by atomic mass is 9.93. The van der Waals surface area contributed by atoms with Crippen LogP contribution in [0.25, 0.3) is 0 Å². The first kappa shape index (κ1) is 12.2. The minimum atomic E-state index is -0.436. The van der Waals surface area contributed by atoms with E-state index in [1.165, 1.54) is 5.56 Å². The van der Waals surface area contributed by atoms with Gasteiger partial charge >= 0.3 is 0 Å². The third kappa shape index (κ3) is 4.00. The van der Waals surface area contributed by atoms with E-state index in [2.05, 4.69) is 5.32 Å². The van der Waals surface area contributed by atoms with Gasteiger partial charge in [-0.15, -0.1) is 0 Å². The molecule has 0 fully saturated rings. The van der Waals surface area contributed by atoms with E-state index < -0.39 is 5.41 Å². The van der Waals surface area contributed by atoms with E-state index in [0.717, 1.165) is 6.54 Å². The van der Waals surface area contributed by atoms with Crippen LogP contribution in [0.3, 0.4) is 0 Å². The van der Waals surface area contributed by atoms with Crippen LogP contribution in [0.15, 0.2) is 30.3 Å². The molecular weight excluding hydrogens is 190 g/mol. The zero-order valence-corrected chi connectivity index (χ0v) is 9.11. The van der Waals surface area contributed by atoms with E-state index in [-0.39, 0.29) is 13.2 Å². The van der Waals surface area contributed by atoms with Gasteiger partial charge in [0.2, 0.25) is 0 Å². The summed E-state index contributed by atoms with van der Waals surface area (Å²) in [5, 5.41) is 21.4. The summed E-state index contributed by atoms with van der Waals surface area (Å²) < 4.78 is 0. The molecule has 0 aliphatic carbocycles. The van der Waals surface area contributed by atoms with Gasteiger partial charge in [0.1, 0.15) is 0 Å². The molecule has 84 valence electrons. The van der Waals surface area contributed by atoms with Gasteiger partial charge in [0, 0.05) is 18.5 Å². The van der Waals surface area contributed by atoms with Crippen LogP contribution in [0.4, 0.5) is 0 Å². The Morgan fingerprint density at radius 1 is 1.13 bits per heavy atom. The van der Waals surface area contributed by atoms with Gasteiger partial charge in [0.15, 0.2) is 0 Å². The van der Waals surface area contributed by atoms with Gasteiger partial charge in [-0.25, -0.2) is 0 Å². The number of hydrogen-bond acceptors (Lipinski definition) is 3. The largest absolute Gasteiger partial charge is 0.396 e. The van der Waals surface area contributed by atoms with Gasteiger partial charge in [-0.2, -0.15) is 0 Å². The van der Waals surface area contributed by atoms with Crippen molar-refractivity contribution in [2.75, 3.05) is 19.8 Å². The minimum Gasteiger partial charge on any atom is -0.396 e. The average Bonchev–Trinajstić information content (AvgIpc) is 2.30. The lowest BCUT2D eigenvalue weighted by Crippen LogP contribution is -2.37. The minimum absolute atomic E-state index is 0.00864. The molecule has 0 spiro atoms. The highest BCUT2D eigenvalue weighted by atomic mass is 16.3. The summed E-state index contributed by atoms with van der Waals surface area (Å²) in [6, 6.07) is 10.1. The molecule has 1 rings (SSSR count). The summed E-state index contributed by atoms with van der Waals surface area (Å²) in [7, 11) is 0. The highest BCUT2D eigenvalue weighted by Crippen LogP contribution is 2.12. The lowest BCUT2D eigenvalue weighted by molar-refractivity contribution is 0.0695. The summed E-state index contributed by atoms with van der Waals surface area (Å²) in [4.78, 5) is 0. The first-order valence-electron chi connectivity index (χ1n) is 5.16. The Labute approximate surface area is 90.8 Å². The molecule has 0 saturated carbocycles. The third-order valence-corrected chi connectivity index (χ3v) is 2.49. The van der Waals surface area contributed by atoms with Crippen molar-refractivity contribution in [2.24, 2.45) is 5.41 Å². The van der Waals surface area contributed by atoms with Gasteiger partial charge in [0.05, 0.1) is 13.2 Å². The predicted molar refractivity (Wildman–Crippen MR) is 60.4 cm³/mol. The van der Waals surface area contributed by atoms with Crippen LogP contribution in [-0.4, -0.2) is 30.0 Å². The maximum absolute atomic E-state index is 9.08. The topological polar surface area (TPSA) is 52.5 Å². The van der Waals surface area contributed by atoms with Crippen LogP contribution in [0.5, 0.6) is 0 Å². The van der Waals surface area contributed by atoms with Crippen LogP contribution in [0.2, 0.25) is 0 Å². The molecule has 0 aliphatic heterocycles. The van der Waals surface area contributed by atoms with Crippen molar-refractivity contribution < 1.29 is 10.2 Å². The molecule has 0 saturated heterocycles. The van der Waals surface area contributed by atoms with Crippen molar-refractivity contribution in [3.8, 4) is 0 Å². The lowest BCUT2D eigenvalue weighted by Gasteiger charge is -2.24. The zero-order chi connectivity index (χ0) is 11.1. The molecule has 0 atom stereocenters. The number of benzene rings is 1. The molecule has 0 bridgehead atoms. The molecule has 0 radical (unpaired) electrons. The number of aliphatic hydroxyl groups excluding tert-OH is 2. The molecule has 0 heterocycles. The fraction of sp³-hybridized carbons (Fsp3) is 0.500. The van der Waals surface area contributed by atoms with Crippen molar-refractivity contribution in [3.05, 3.63) is 35.9 Å². The molecular formula is C12H19NO2. The number of hydrogen-bond donors (Lipinski definition) is 3. The summed E-state index contributed by atoms with van der Waals surface area (Å²) in [5.74, 6) is 0. The van der Waals surface area contributed by atoms with Crippen molar-refractivity contribution in [2.45, 2.75) is 13.5 Å². The van der Waals surface area contributed by atoms with Crippen LogP contribution in [-0.2, 0) is 6.54 Å². The van der Waals surface area contributed by atoms with Gasteiger partial charge in [-0.05, 0) is 5.56 Å². The van der Waals surface area contributed by atoms with Crippen LogP contribution in [0.1, 0.15) is 12.5 Å². The van der Waals surface area contributed by atoms with Crippen molar-refractivity contribution in [3.63, 3.8) is 0 Å². The Bertz CT molecular complexity index is 270. The number of aliphatic hydroxyl groups is 2. The van der Waals surface area contributed by atoms with Gasteiger partial charge in [-0.1, -0.05) is 37.3 Å². The van der Waals surface area contributed by atoms with E-state index in [4.69, 9.17) is 10.2 Å². The Hall–Kier alpha value is -0.900. The molecule has 1 aromatic rings. The summed E-state index contributed by atoms with van der Waals surface area (Å²) in [5.41, 5.74) is 0.769. The highest BCUT2D eigenvalue weighted by Gasteiger charge is 2.21. The Kier molecular flexibility index (Phi) is 4.75. The molecule has 0 unspecified atom stereocenters. The molecule has 15 heavy (non-hydrogen) atoms. The van der Waals surface area contributed by atoms with E-state index in [1.54, 1.807) is 0 Å². The number of nitrogens with one attached hydrogen (secondary N) is 1. The second-order valence-corrected chi connectivity index (χ2v) is 4.22. The maximum atomic E-state index is 9.08. The van der Waals surface area contributed by atoms with Crippen molar-refractivity contribution in [1.82, 2.24) is 5.32 Å². The summed E-state index contributed by atoms with van der Waals surface area (Å²) in [6.07, 6.45) is 0. The van der Waals surface area contributed by atoms with Gasteiger partial charge < -0.3 is 15.5 Å². The first-order chi connectivity index (χ1) is 7.20. The molecule has 3 heteroatoms. The molecule has 3 nitrogen and oxygen atoms in total. The second-order valence-electron chi connectivity index (χ2n) is 4.22. The maximum Gasteiger partial charge on any atom is 0.0518 e. The fourth-order valence-corrected chi connectivity index (χ4v) is 1.27. The monoisotopic (exact) mass is 209 g/mol. The Balaban J connectivity index is 2.33. The Morgan fingerprint density at radius 3 is 2.27 bits per heavy atom. The summed E-state index contributed by atoms with van der Waals surface area (Å²) >= 11 is 0. The van der Waals surface area contributed by atoms with Gasteiger partial charge in [0.25, 0.3) is 0 Å². The Morgan fingerprint density at radius 2 is 1.73 bits per heavy atom. The van der Waals surface area contributed by atoms with Crippen molar-refractivity contribution in [1.29, 1.82) is 0 Å². The molecule has 0 aliphatic rings. The van der Waals surface area contributed by atoms with E-state index >= 15 is 0 Å². The molecule has 0 amide bonds. The fourth-order valence-electron chi connectivity index (χ4n) is 1.27. The average molecular weight is 209 g/mol. The standard InChI is InChI=1S/C12H19NO2/c1-12(9-14,10-15)8-13-7-11-5-3-2-4-6-11/h2-6,13-15H,7-10H2,1H3. The number of rotatable bonds is 6. The first-order valence-corrected chi connectivity index (χ1v) is 5.16. The van der Waals surface area contributed by atoms with Crippen LogP contribution >= 0.6 is 0 Å². The molecule has 3 N–H and O–H groups in total. The molecule has 0 aromatic heterocycles. The normalized spacial score (nSPS) is 11.7. The third-order valence-electron chi connectivity index (χ3n) is 2.49. The quantitative estimate of drug-likeness (QED) is 0.648. The van der Waals surface area contributed by atoms with Crippen LogP contribution in [0, 0.1) is 5.41 Å². The van der Waals surface area contributed by atoms with Gasteiger partial charge in [-0.3, -0.25) is 0 Å². The zero-order valence-electron chi connectivity index (χ0n) is 9.11. The van der Waals surface area contributed by atoms with E-state index in [0.29, 0.717) is 6.54 Å². The SMILES string of the molecule is CC(CO)(CO)CNCc1ccccc1. The van der Waals surface area contributed by atoms with Crippen LogP contribution < -0.4 is 5.32 Å². The molecule has 1 aromatic carbocycles. The van der Waals surface area contributed by atoms with E-state index in [9.17, 15) is 0 Å². The second kappa shape index (κ2) is 5.85.